The van der Waals surface area contributed by atoms with Crippen molar-refractivity contribution in [1.82, 2.24) is 5.01 Å². The van der Waals surface area contributed by atoms with E-state index in [-0.39, 0.29) is 15.8 Å². The number of benzene rings is 2. The number of phenols is 2. The second-order valence-corrected chi connectivity index (χ2v) is 7.61. The zero-order valence-electron chi connectivity index (χ0n) is 12.9. The summed E-state index contributed by atoms with van der Waals surface area (Å²) in [7, 11) is 0. The van der Waals surface area contributed by atoms with E-state index in [0.717, 1.165) is 16.8 Å². The predicted molar refractivity (Wildman–Crippen MR) is 109 cm³/mol. The number of thioether (sulfide) groups is 1. The summed E-state index contributed by atoms with van der Waals surface area (Å²) in [4.78, 5) is 12.9. The van der Waals surface area contributed by atoms with Gasteiger partial charge in [0.05, 0.1) is 21.2 Å². The number of phenolic OH excluding ortho intramolecular Hbond substituents is 2. The monoisotopic (exact) mass is 424 g/mol. The molecule has 0 atom stereocenters. The van der Waals surface area contributed by atoms with Gasteiger partial charge in [0, 0.05) is 5.56 Å². The Morgan fingerprint density at radius 1 is 1.12 bits per heavy atom. The van der Waals surface area contributed by atoms with Gasteiger partial charge in [-0.05, 0) is 48.1 Å². The summed E-state index contributed by atoms with van der Waals surface area (Å²) in [5.74, 6) is -0.927. The molecule has 0 unspecified atom stereocenters. The summed E-state index contributed by atoms with van der Waals surface area (Å²) < 4.78 is 0.253. The Balaban J connectivity index is 1.86. The van der Waals surface area contributed by atoms with Crippen molar-refractivity contribution in [2.45, 2.75) is 0 Å². The van der Waals surface area contributed by atoms with E-state index in [4.69, 9.17) is 35.4 Å². The van der Waals surface area contributed by atoms with Crippen LogP contribution >= 0.6 is 47.2 Å². The summed E-state index contributed by atoms with van der Waals surface area (Å²) in [5, 5.41) is 24.9. The number of thiocarbonyl (C=S) groups is 1. The maximum atomic E-state index is 12.5. The van der Waals surface area contributed by atoms with Crippen LogP contribution in [0.25, 0.3) is 6.08 Å². The molecule has 1 heterocycles. The van der Waals surface area contributed by atoms with Gasteiger partial charge < -0.3 is 10.2 Å². The van der Waals surface area contributed by atoms with Crippen molar-refractivity contribution in [3.63, 3.8) is 0 Å². The molecule has 1 fully saturated rings. The van der Waals surface area contributed by atoms with Gasteiger partial charge in [-0.2, -0.15) is 10.1 Å². The molecule has 2 aromatic carbocycles. The molecule has 9 heteroatoms. The number of nitrogens with zero attached hydrogens (tertiary/aromatic N) is 2. The standard InChI is InChI=1S/C17H10Cl2N2O3S2/c18-11-2-1-3-12(19)10(11)8-20-21-16(24)15(26-17(21)25)7-9-4-5-13(22)14(23)6-9/h1-8,22-23H/b15-7+,20-8+. The molecule has 0 aliphatic carbocycles. The minimum absolute atomic E-state index is 0.240. The van der Waals surface area contributed by atoms with E-state index < -0.39 is 5.91 Å². The molecule has 1 aliphatic rings. The third kappa shape index (κ3) is 3.86. The number of carbonyl (C=O) groups excluding carboxylic acids is 1. The lowest BCUT2D eigenvalue weighted by Gasteiger charge is -2.07. The summed E-state index contributed by atoms with van der Waals surface area (Å²) in [6, 6.07) is 9.27. The SMILES string of the molecule is O=C1/C(=C\c2ccc(O)c(O)c2)SC(=S)N1/N=C/c1c(Cl)cccc1Cl. The van der Waals surface area contributed by atoms with Crippen molar-refractivity contribution in [2.75, 3.05) is 0 Å². The van der Waals surface area contributed by atoms with Crippen molar-refractivity contribution < 1.29 is 15.0 Å². The molecule has 1 aliphatic heterocycles. The number of carbonyl (C=O) groups is 1. The van der Waals surface area contributed by atoms with E-state index >= 15 is 0 Å². The van der Waals surface area contributed by atoms with Crippen LogP contribution in [-0.2, 0) is 4.79 Å². The van der Waals surface area contributed by atoms with Crippen molar-refractivity contribution in [2.24, 2.45) is 5.10 Å². The van der Waals surface area contributed by atoms with E-state index in [2.05, 4.69) is 5.10 Å². The molecule has 1 saturated heterocycles. The Labute approximate surface area is 168 Å². The molecule has 132 valence electrons. The zero-order chi connectivity index (χ0) is 18.8. The minimum atomic E-state index is -0.410. The lowest BCUT2D eigenvalue weighted by atomic mass is 10.2. The summed E-state index contributed by atoms with van der Waals surface area (Å²) >= 11 is 18.4. The fraction of sp³-hybridized carbons (Fsp3) is 0. The number of hydrogen-bond acceptors (Lipinski definition) is 6. The maximum Gasteiger partial charge on any atom is 0.286 e. The average Bonchev–Trinajstić information content (AvgIpc) is 2.85. The van der Waals surface area contributed by atoms with Gasteiger partial charge in [0.2, 0.25) is 0 Å². The predicted octanol–water partition coefficient (Wildman–Crippen LogP) is 4.64. The first-order valence-corrected chi connectivity index (χ1v) is 9.13. The van der Waals surface area contributed by atoms with E-state index in [1.54, 1.807) is 30.3 Å². The third-order valence-electron chi connectivity index (χ3n) is 3.37. The van der Waals surface area contributed by atoms with Crippen LogP contribution in [0.4, 0.5) is 0 Å². The van der Waals surface area contributed by atoms with Gasteiger partial charge in [-0.15, -0.1) is 0 Å². The van der Waals surface area contributed by atoms with Crippen LogP contribution in [0.15, 0.2) is 46.4 Å². The van der Waals surface area contributed by atoms with Crippen LogP contribution in [0, 0.1) is 0 Å². The molecule has 0 radical (unpaired) electrons. The molecular formula is C17H10Cl2N2O3S2. The highest BCUT2D eigenvalue weighted by atomic mass is 35.5. The first-order valence-electron chi connectivity index (χ1n) is 7.15. The average molecular weight is 425 g/mol. The lowest BCUT2D eigenvalue weighted by molar-refractivity contribution is -0.122. The number of hydrogen-bond donors (Lipinski definition) is 2. The molecule has 0 bridgehead atoms. The molecule has 2 N–H and O–H groups in total. The third-order valence-corrected chi connectivity index (χ3v) is 5.31. The normalized spacial score (nSPS) is 16.2. The Morgan fingerprint density at radius 3 is 2.46 bits per heavy atom. The first kappa shape index (κ1) is 18.7. The highest BCUT2D eigenvalue weighted by Gasteiger charge is 2.32. The van der Waals surface area contributed by atoms with Crippen LogP contribution in [0.3, 0.4) is 0 Å². The Bertz CT molecular complexity index is 956. The van der Waals surface area contributed by atoms with Gasteiger partial charge >= 0.3 is 0 Å². The largest absolute Gasteiger partial charge is 0.504 e. The fourth-order valence-electron chi connectivity index (χ4n) is 2.09. The van der Waals surface area contributed by atoms with Crippen LogP contribution in [0.5, 0.6) is 11.5 Å². The second kappa shape index (κ2) is 7.67. The van der Waals surface area contributed by atoms with Crippen molar-refractivity contribution in [3.05, 3.63) is 62.5 Å². The van der Waals surface area contributed by atoms with E-state index in [1.165, 1.54) is 18.3 Å². The van der Waals surface area contributed by atoms with Gasteiger partial charge in [0.15, 0.2) is 15.8 Å². The van der Waals surface area contributed by atoms with Crippen molar-refractivity contribution >= 4 is 69.7 Å². The van der Waals surface area contributed by atoms with Crippen molar-refractivity contribution in [3.8, 4) is 11.5 Å². The van der Waals surface area contributed by atoms with E-state index in [1.807, 2.05) is 0 Å². The number of hydrazone groups is 1. The van der Waals surface area contributed by atoms with Gasteiger partial charge in [-0.3, -0.25) is 4.79 Å². The summed E-state index contributed by atoms with van der Waals surface area (Å²) in [5.41, 5.74) is 1.02. The van der Waals surface area contributed by atoms with Crippen molar-refractivity contribution in [1.29, 1.82) is 0 Å². The summed E-state index contributed by atoms with van der Waals surface area (Å²) in [6.45, 7) is 0. The van der Waals surface area contributed by atoms with Gasteiger partial charge in [0.25, 0.3) is 5.91 Å². The van der Waals surface area contributed by atoms with Crippen LogP contribution in [0.2, 0.25) is 10.0 Å². The van der Waals surface area contributed by atoms with Crippen LogP contribution in [0.1, 0.15) is 11.1 Å². The maximum absolute atomic E-state index is 12.5. The molecule has 26 heavy (non-hydrogen) atoms. The Morgan fingerprint density at radius 2 is 1.81 bits per heavy atom. The molecule has 2 aromatic rings. The summed E-state index contributed by atoms with van der Waals surface area (Å²) in [6.07, 6.45) is 2.93. The van der Waals surface area contributed by atoms with E-state index in [9.17, 15) is 15.0 Å². The molecule has 0 spiro atoms. The van der Waals surface area contributed by atoms with Gasteiger partial charge in [0.1, 0.15) is 0 Å². The fourth-order valence-corrected chi connectivity index (χ4v) is 3.76. The highest BCUT2D eigenvalue weighted by molar-refractivity contribution is 8.26. The highest BCUT2D eigenvalue weighted by Crippen LogP contribution is 2.34. The Hall–Kier alpha value is -2.06. The number of amides is 1. The first-order chi connectivity index (χ1) is 12.4. The number of rotatable bonds is 3. The smallest absolute Gasteiger partial charge is 0.286 e. The zero-order valence-corrected chi connectivity index (χ0v) is 16.0. The van der Waals surface area contributed by atoms with Gasteiger partial charge in [-0.1, -0.05) is 47.1 Å². The lowest BCUT2D eigenvalue weighted by Crippen LogP contribution is -2.22. The number of halogens is 2. The van der Waals surface area contributed by atoms with Crippen LogP contribution in [-0.4, -0.2) is 31.7 Å². The molecule has 1 amide bonds. The van der Waals surface area contributed by atoms with Crippen LogP contribution < -0.4 is 0 Å². The quantitative estimate of drug-likeness (QED) is 0.325. The molecular weight excluding hydrogens is 415 g/mol. The molecule has 0 saturated carbocycles. The van der Waals surface area contributed by atoms with Gasteiger partial charge in [-0.25, -0.2) is 0 Å². The minimum Gasteiger partial charge on any atom is -0.504 e. The molecule has 3 rings (SSSR count). The second-order valence-electron chi connectivity index (χ2n) is 5.12. The molecule has 5 nitrogen and oxygen atoms in total. The molecule has 0 aromatic heterocycles. The Kier molecular flexibility index (Phi) is 5.52. The van der Waals surface area contributed by atoms with E-state index in [0.29, 0.717) is 26.1 Å². The topological polar surface area (TPSA) is 73.1 Å². The number of aromatic hydroxyl groups is 2.